The third-order valence-corrected chi connectivity index (χ3v) is 2.93. The molecule has 0 amide bonds. The Hall–Kier alpha value is -1.06. The van der Waals surface area contributed by atoms with E-state index >= 15 is 0 Å². The Morgan fingerprint density at radius 1 is 1.32 bits per heavy atom. The van der Waals surface area contributed by atoms with Gasteiger partial charge in [0.05, 0.1) is 12.2 Å². The Labute approximate surface area is 117 Å². The van der Waals surface area contributed by atoms with Crippen LogP contribution in [0.4, 0.5) is 0 Å². The van der Waals surface area contributed by atoms with E-state index in [0.717, 1.165) is 25.3 Å². The molecule has 0 atom stereocenters. The van der Waals surface area contributed by atoms with Gasteiger partial charge in [-0.1, -0.05) is 24.6 Å². The quantitative estimate of drug-likeness (QED) is 0.710. The van der Waals surface area contributed by atoms with E-state index in [1.807, 2.05) is 6.07 Å². The van der Waals surface area contributed by atoms with Gasteiger partial charge in [0.15, 0.2) is 0 Å². The van der Waals surface area contributed by atoms with Crippen LogP contribution in [0.15, 0.2) is 18.2 Å². The number of aryl methyl sites for hydroxylation is 1. The van der Waals surface area contributed by atoms with Crippen LogP contribution in [0.2, 0.25) is 0 Å². The van der Waals surface area contributed by atoms with Gasteiger partial charge in [0.25, 0.3) is 0 Å². The van der Waals surface area contributed by atoms with Crippen LogP contribution in [-0.2, 0) is 6.54 Å². The van der Waals surface area contributed by atoms with Gasteiger partial charge in [-0.25, -0.2) is 0 Å². The van der Waals surface area contributed by atoms with E-state index < -0.39 is 5.60 Å². The minimum Gasteiger partial charge on any atom is -0.493 e. The van der Waals surface area contributed by atoms with Gasteiger partial charge < -0.3 is 15.2 Å². The van der Waals surface area contributed by atoms with Crippen molar-refractivity contribution >= 4 is 0 Å². The topological polar surface area (TPSA) is 41.5 Å². The summed E-state index contributed by atoms with van der Waals surface area (Å²) in [5.41, 5.74) is 1.75. The van der Waals surface area contributed by atoms with Gasteiger partial charge >= 0.3 is 0 Å². The molecule has 0 saturated heterocycles. The van der Waals surface area contributed by atoms with Crippen molar-refractivity contribution in [3.8, 4) is 5.75 Å². The van der Waals surface area contributed by atoms with Crippen LogP contribution in [0.25, 0.3) is 0 Å². The second-order valence-electron chi connectivity index (χ2n) is 5.70. The Bertz CT molecular complexity index is 383. The number of benzene rings is 1. The Kier molecular flexibility index (Phi) is 6.32. The molecule has 0 aromatic heterocycles. The zero-order valence-corrected chi connectivity index (χ0v) is 12.6. The smallest absolute Gasteiger partial charge is 0.123 e. The second-order valence-corrected chi connectivity index (χ2v) is 5.70. The number of aliphatic hydroxyl groups is 1. The van der Waals surface area contributed by atoms with Crippen LogP contribution in [0.3, 0.4) is 0 Å². The number of nitrogens with one attached hydrogen (secondary N) is 1. The third kappa shape index (κ3) is 6.60. The molecule has 1 aromatic carbocycles. The van der Waals surface area contributed by atoms with Crippen LogP contribution in [0.1, 0.15) is 44.7 Å². The molecule has 0 radical (unpaired) electrons. The summed E-state index contributed by atoms with van der Waals surface area (Å²) in [7, 11) is 0. The average molecular weight is 265 g/mol. The number of hydrogen-bond acceptors (Lipinski definition) is 3. The fourth-order valence-corrected chi connectivity index (χ4v) is 1.80. The number of rotatable bonds is 8. The van der Waals surface area contributed by atoms with E-state index in [4.69, 9.17) is 4.74 Å². The molecule has 19 heavy (non-hydrogen) atoms. The van der Waals surface area contributed by atoms with Crippen molar-refractivity contribution in [3.63, 3.8) is 0 Å². The van der Waals surface area contributed by atoms with Gasteiger partial charge in [-0.05, 0) is 39.8 Å². The summed E-state index contributed by atoms with van der Waals surface area (Å²) in [5, 5.41) is 13.1. The third-order valence-electron chi connectivity index (χ3n) is 2.93. The minimum absolute atomic E-state index is 0.535. The lowest BCUT2D eigenvalue weighted by Gasteiger charge is -2.18. The van der Waals surface area contributed by atoms with E-state index in [1.54, 1.807) is 13.8 Å². The van der Waals surface area contributed by atoms with Gasteiger partial charge in [-0.3, -0.25) is 0 Å². The second kappa shape index (κ2) is 7.51. The first-order chi connectivity index (χ1) is 8.92. The van der Waals surface area contributed by atoms with Crippen molar-refractivity contribution in [2.75, 3.05) is 13.2 Å². The molecule has 0 heterocycles. The van der Waals surface area contributed by atoms with E-state index in [0.29, 0.717) is 13.0 Å². The van der Waals surface area contributed by atoms with Crippen molar-refractivity contribution in [2.24, 2.45) is 0 Å². The predicted molar refractivity (Wildman–Crippen MR) is 79.6 cm³/mol. The molecular weight excluding hydrogens is 238 g/mol. The lowest BCUT2D eigenvalue weighted by Crippen LogP contribution is -2.22. The molecule has 0 aliphatic rings. The van der Waals surface area contributed by atoms with Crippen LogP contribution >= 0.6 is 0 Å². The molecule has 0 unspecified atom stereocenters. The van der Waals surface area contributed by atoms with Gasteiger partial charge in [0.1, 0.15) is 5.75 Å². The van der Waals surface area contributed by atoms with Crippen molar-refractivity contribution in [3.05, 3.63) is 29.3 Å². The molecule has 3 heteroatoms. The summed E-state index contributed by atoms with van der Waals surface area (Å²) in [6, 6.07) is 6.23. The molecule has 1 rings (SSSR count). The van der Waals surface area contributed by atoms with Crippen LogP contribution in [0.5, 0.6) is 5.75 Å². The van der Waals surface area contributed by atoms with E-state index in [1.165, 1.54) is 11.1 Å². The van der Waals surface area contributed by atoms with Crippen LogP contribution < -0.4 is 10.1 Å². The normalized spacial score (nSPS) is 11.6. The summed E-state index contributed by atoms with van der Waals surface area (Å²) < 4.78 is 5.80. The highest BCUT2D eigenvalue weighted by atomic mass is 16.5. The van der Waals surface area contributed by atoms with E-state index in [9.17, 15) is 5.11 Å². The monoisotopic (exact) mass is 265 g/mol. The summed E-state index contributed by atoms with van der Waals surface area (Å²) in [5.74, 6) is 0.915. The van der Waals surface area contributed by atoms with Crippen LogP contribution in [-0.4, -0.2) is 23.9 Å². The van der Waals surface area contributed by atoms with Crippen molar-refractivity contribution in [2.45, 2.75) is 52.7 Å². The minimum atomic E-state index is -0.675. The van der Waals surface area contributed by atoms with Gasteiger partial charge in [0, 0.05) is 18.5 Å². The molecule has 0 aliphatic carbocycles. The molecule has 0 bridgehead atoms. The van der Waals surface area contributed by atoms with Gasteiger partial charge in [-0.2, -0.15) is 0 Å². The zero-order chi connectivity index (χ0) is 14.3. The average Bonchev–Trinajstić information content (AvgIpc) is 2.30. The Balaban J connectivity index is 2.60. The van der Waals surface area contributed by atoms with Crippen LogP contribution in [0, 0.1) is 6.92 Å². The molecule has 2 N–H and O–H groups in total. The summed E-state index contributed by atoms with van der Waals surface area (Å²) >= 11 is 0. The molecule has 1 aromatic rings. The number of ether oxygens (including phenoxy) is 1. The first-order valence-corrected chi connectivity index (χ1v) is 7.08. The maximum atomic E-state index is 9.69. The Morgan fingerprint density at radius 3 is 2.68 bits per heavy atom. The maximum Gasteiger partial charge on any atom is 0.123 e. The molecule has 0 spiro atoms. The van der Waals surface area contributed by atoms with E-state index in [-0.39, 0.29) is 0 Å². The zero-order valence-electron chi connectivity index (χ0n) is 12.6. The van der Waals surface area contributed by atoms with Gasteiger partial charge in [0.2, 0.25) is 0 Å². The highest BCUT2D eigenvalue weighted by Gasteiger charge is 2.13. The Morgan fingerprint density at radius 2 is 2.05 bits per heavy atom. The van der Waals surface area contributed by atoms with E-state index in [2.05, 4.69) is 31.3 Å². The van der Waals surface area contributed by atoms with Crippen molar-refractivity contribution in [1.82, 2.24) is 5.32 Å². The fourth-order valence-electron chi connectivity index (χ4n) is 1.80. The number of hydrogen-bond donors (Lipinski definition) is 2. The summed E-state index contributed by atoms with van der Waals surface area (Å²) in [6.45, 7) is 10.2. The lowest BCUT2D eigenvalue weighted by atomic mass is 10.1. The first kappa shape index (κ1) is 16.0. The molecule has 0 aliphatic heterocycles. The first-order valence-electron chi connectivity index (χ1n) is 7.08. The molecule has 0 saturated carbocycles. The maximum absolute atomic E-state index is 9.69. The largest absolute Gasteiger partial charge is 0.493 e. The lowest BCUT2D eigenvalue weighted by molar-refractivity contribution is 0.0552. The molecule has 3 nitrogen and oxygen atoms in total. The van der Waals surface area contributed by atoms with Crippen molar-refractivity contribution in [1.29, 1.82) is 0 Å². The summed E-state index contributed by atoms with van der Waals surface area (Å²) in [4.78, 5) is 0. The summed E-state index contributed by atoms with van der Waals surface area (Å²) in [6.07, 6.45) is 1.75. The molecule has 0 fully saturated rings. The highest BCUT2D eigenvalue weighted by molar-refractivity contribution is 5.36. The standard InChI is InChI=1S/C16H27NO2/c1-5-9-17-12-14-11-13(2)6-7-15(14)19-10-8-16(3,4)18/h6-7,11,17-18H,5,8-10,12H2,1-4H3. The van der Waals surface area contributed by atoms with Crippen molar-refractivity contribution < 1.29 is 9.84 Å². The predicted octanol–water partition coefficient (Wildman–Crippen LogP) is 3.03. The highest BCUT2D eigenvalue weighted by Crippen LogP contribution is 2.21. The molecular formula is C16H27NO2. The molecule has 108 valence electrons. The SMILES string of the molecule is CCCNCc1cc(C)ccc1OCCC(C)(C)O. The fraction of sp³-hybridized carbons (Fsp3) is 0.625. The van der Waals surface area contributed by atoms with Gasteiger partial charge in [-0.15, -0.1) is 0 Å².